The molecule has 0 aromatic carbocycles. The van der Waals surface area contributed by atoms with Gasteiger partial charge in [-0.15, -0.1) is 0 Å². The summed E-state index contributed by atoms with van der Waals surface area (Å²) < 4.78 is 15.9. The second-order valence-electron chi connectivity index (χ2n) is 6.90. The zero-order valence-electron chi connectivity index (χ0n) is 13.3. The standard InChI is InChI=1S/C16H22O7/c1-7(17)14(18)21-8(2)15(19)23-13-10-3-9-4-11(6-10)16(20)22-12(13)5-9/h7-13,17H,3-6H2,1-2H3. The number of hydrogen-bond acceptors (Lipinski definition) is 7. The minimum absolute atomic E-state index is 0.0852. The van der Waals surface area contributed by atoms with Crippen molar-refractivity contribution < 1.29 is 33.7 Å². The Labute approximate surface area is 134 Å². The summed E-state index contributed by atoms with van der Waals surface area (Å²) in [4.78, 5) is 35.5. The van der Waals surface area contributed by atoms with Crippen LogP contribution in [0, 0.1) is 17.8 Å². The number of hydrogen-bond donors (Lipinski definition) is 1. The van der Waals surface area contributed by atoms with Gasteiger partial charge in [0.05, 0.1) is 5.92 Å². The minimum atomic E-state index is -1.30. The summed E-state index contributed by atoms with van der Waals surface area (Å²) in [6.07, 6.45) is -0.0624. The maximum Gasteiger partial charge on any atom is 0.347 e. The van der Waals surface area contributed by atoms with Crippen LogP contribution in [-0.2, 0) is 28.6 Å². The Kier molecular flexibility index (Phi) is 4.31. The van der Waals surface area contributed by atoms with Crippen LogP contribution in [0.3, 0.4) is 0 Å². The van der Waals surface area contributed by atoms with E-state index < -0.39 is 36.4 Å². The second-order valence-corrected chi connectivity index (χ2v) is 6.90. The molecule has 2 heterocycles. The van der Waals surface area contributed by atoms with E-state index in [1.807, 2.05) is 0 Å². The number of fused-ring (bicyclic) bond motifs is 1. The van der Waals surface area contributed by atoms with Gasteiger partial charge in [0.2, 0.25) is 0 Å². The number of esters is 3. The highest BCUT2D eigenvalue weighted by atomic mass is 16.6. The molecule has 2 aliphatic heterocycles. The predicted octanol–water partition coefficient (Wildman–Crippen LogP) is 0.572. The molecule has 2 aliphatic carbocycles. The fourth-order valence-electron chi connectivity index (χ4n) is 3.99. The zero-order chi connectivity index (χ0) is 16.7. The van der Waals surface area contributed by atoms with Crippen LogP contribution in [0.25, 0.3) is 0 Å². The number of rotatable bonds is 4. The molecule has 7 atom stereocenters. The predicted molar refractivity (Wildman–Crippen MR) is 75.9 cm³/mol. The van der Waals surface area contributed by atoms with Crippen molar-refractivity contribution in [2.75, 3.05) is 0 Å². The van der Waals surface area contributed by atoms with Crippen molar-refractivity contribution >= 4 is 17.9 Å². The number of aliphatic hydroxyl groups is 1. The van der Waals surface area contributed by atoms with Crippen molar-refractivity contribution in [3.05, 3.63) is 0 Å². The summed E-state index contributed by atoms with van der Waals surface area (Å²) >= 11 is 0. The van der Waals surface area contributed by atoms with Gasteiger partial charge in [0.15, 0.2) is 6.10 Å². The lowest BCUT2D eigenvalue weighted by Gasteiger charge is -2.41. The Morgan fingerprint density at radius 2 is 1.91 bits per heavy atom. The molecule has 4 bridgehead atoms. The Hall–Kier alpha value is -1.63. The molecule has 128 valence electrons. The summed E-state index contributed by atoms with van der Waals surface area (Å²) in [6, 6.07) is 0. The second kappa shape index (κ2) is 6.11. The van der Waals surface area contributed by atoms with Gasteiger partial charge in [0.1, 0.15) is 18.3 Å². The molecule has 0 aromatic rings. The van der Waals surface area contributed by atoms with Crippen molar-refractivity contribution in [1.29, 1.82) is 0 Å². The average Bonchev–Trinajstić information content (AvgIpc) is 2.64. The van der Waals surface area contributed by atoms with Crippen LogP contribution in [0.1, 0.15) is 39.5 Å². The van der Waals surface area contributed by atoms with Crippen LogP contribution in [0.15, 0.2) is 0 Å². The maximum atomic E-state index is 12.2. The molecule has 1 N–H and O–H groups in total. The third kappa shape index (κ3) is 3.20. The molecule has 7 unspecified atom stereocenters. The van der Waals surface area contributed by atoms with Gasteiger partial charge < -0.3 is 19.3 Å². The molecule has 2 saturated carbocycles. The van der Waals surface area contributed by atoms with E-state index in [1.54, 1.807) is 0 Å². The van der Waals surface area contributed by atoms with E-state index in [2.05, 4.69) is 0 Å². The summed E-state index contributed by atoms with van der Waals surface area (Å²) in [5.74, 6) is -1.24. The minimum Gasteiger partial charge on any atom is -0.458 e. The highest BCUT2D eigenvalue weighted by molar-refractivity contribution is 5.81. The molecule has 0 spiro atoms. The Morgan fingerprint density at radius 1 is 1.17 bits per heavy atom. The first-order chi connectivity index (χ1) is 10.8. The quantitative estimate of drug-likeness (QED) is 0.595. The topological polar surface area (TPSA) is 99.1 Å². The van der Waals surface area contributed by atoms with Crippen molar-refractivity contribution in [1.82, 2.24) is 0 Å². The number of aliphatic hydroxyl groups excluding tert-OH is 1. The van der Waals surface area contributed by atoms with E-state index in [9.17, 15) is 14.4 Å². The van der Waals surface area contributed by atoms with Gasteiger partial charge in [-0.3, -0.25) is 4.79 Å². The lowest BCUT2D eigenvalue weighted by atomic mass is 9.67. The van der Waals surface area contributed by atoms with Crippen molar-refractivity contribution in [2.45, 2.75) is 63.9 Å². The van der Waals surface area contributed by atoms with E-state index in [-0.39, 0.29) is 17.8 Å². The van der Waals surface area contributed by atoms with Gasteiger partial charge in [0.25, 0.3) is 0 Å². The average molecular weight is 326 g/mol. The normalized spacial score (nSPS) is 37.5. The van der Waals surface area contributed by atoms with Crippen LogP contribution in [-0.4, -0.2) is 47.4 Å². The van der Waals surface area contributed by atoms with E-state index in [0.717, 1.165) is 19.3 Å². The van der Waals surface area contributed by atoms with Gasteiger partial charge in [-0.05, 0) is 45.4 Å². The van der Waals surface area contributed by atoms with Crippen LogP contribution in [0.4, 0.5) is 0 Å². The highest BCUT2D eigenvalue weighted by Crippen LogP contribution is 2.48. The molecule has 7 nitrogen and oxygen atoms in total. The number of ether oxygens (including phenoxy) is 3. The molecule has 4 fully saturated rings. The van der Waals surface area contributed by atoms with E-state index in [1.165, 1.54) is 13.8 Å². The summed E-state index contributed by atoms with van der Waals surface area (Å²) in [7, 11) is 0. The first kappa shape index (κ1) is 16.2. The monoisotopic (exact) mass is 326 g/mol. The summed E-state index contributed by atoms with van der Waals surface area (Å²) in [5.41, 5.74) is 0. The van der Waals surface area contributed by atoms with Gasteiger partial charge in [-0.25, -0.2) is 9.59 Å². The van der Waals surface area contributed by atoms with Crippen LogP contribution in [0.2, 0.25) is 0 Å². The first-order valence-corrected chi connectivity index (χ1v) is 8.14. The van der Waals surface area contributed by atoms with Crippen molar-refractivity contribution in [3.63, 3.8) is 0 Å². The SMILES string of the molecule is CC(O)C(=O)OC(C)C(=O)OC1C2CC3CC(C2)C(=O)OC1C3. The molecule has 4 rings (SSSR count). The van der Waals surface area contributed by atoms with Crippen LogP contribution < -0.4 is 0 Å². The molecular formula is C16H22O7. The Morgan fingerprint density at radius 3 is 2.61 bits per heavy atom. The largest absolute Gasteiger partial charge is 0.458 e. The molecule has 4 aliphatic rings. The van der Waals surface area contributed by atoms with E-state index in [0.29, 0.717) is 12.3 Å². The van der Waals surface area contributed by atoms with Gasteiger partial charge in [-0.2, -0.15) is 0 Å². The van der Waals surface area contributed by atoms with E-state index in [4.69, 9.17) is 19.3 Å². The summed E-state index contributed by atoms with van der Waals surface area (Å²) in [6.45, 7) is 2.67. The van der Waals surface area contributed by atoms with Crippen LogP contribution >= 0.6 is 0 Å². The molecule has 0 radical (unpaired) electrons. The smallest absolute Gasteiger partial charge is 0.347 e. The van der Waals surface area contributed by atoms with E-state index >= 15 is 0 Å². The third-order valence-electron chi connectivity index (χ3n) is 5.06. The number of carbonyl (C=O) groups is 3. The zero-order valence-corrected chi connectivity index (χ0v) is 13.3. The number of carbonyl (C=O) groups excluding carboxylic acids is 3. The third-order valence-corrected chi connectivity index (χ3v) is 5.06. The highest BCUT2D eigenvalue weighted by Gasteiger charge is 2.52. The Bertz CT molecular complexity index is 515. The first-order valence-electron chi connectivity index (χ1n) is 8.14. The fraction of sp³-hybridized carbons (Fsp3) is 0.812. The Balaban J connectivity index is 1.64. The van der Waals surface area contributed by atoms with Gasteiger partial charge in [0, 0.05) is 5.92 Å². The molecule has 7 heteroatoms. The lowest BCUT2D eigenvalue weighted by Crippen LogP contribution is -2.46. The van der Waals surface area contributed by atoms with Gasteiger partial charge >= 0.3 is 17.9 Å². The van der Waals surface area contributed by atoms with Gasteiger partial charge in [-0.1, -0.05) is 0 Å². The molecule has 2 saturated heterocycles. The lowest BCUT2D eigenvalue weighted by molar-refractivity contribution is -0.186. The molecular weight excluding hydrogens is 304 g/mol. The summed E-state index contributed by atoms with van der Waals surface area (Å²) in [5, 5.41) is 9.12. The van der Waals surface area contributed by atoms with Crippen molar-refractivity contribution in [3.8, 4) is 0 Å². The maximum absolute atomic E-state index is 12.2. The molecule has 0 amide bonds. The molecule has 0 aromatic heterocycles. The van der Waals surface area contributed by atoms with Crippen molar-refractivity contribution in [2.24, 2.45) is 17.8 Å². The fourth-order valence-corrected chi connectivity index (χ4v) is 3.99. The molecule has 23 heavy (non-hydrogen) atoms. The van der Waals surface area contributed by atoms with Crippen LogP contribution in [0.5, 0.6) is 0 Å².